The first kappa shape index (κ1) is 14.4. The lowest BCUT2D eigenvalue weighted by atomic mass is 10.1. The van der Waals surface area contributed by atoms with Crippen molar-refractivity contribution in [1.82, 2.24) is 19.1 Å². The van der Waals surface area contributed by atoms with E-state index < -0.39 is 10.0 Å². The van der Waals surface area contributed by atoms with Crippen LogP contribution in [0.2, 0.25) is 0 Å². The maximum atomic E-state index is 12.3. The van der Waals surface area contributed by atoms with Gasteiger partial charge >= 0.3 is 0 Å². The Balaban J connectivity index is 1.85. The molecule has 8 heteroatoms. The molecule has 2 aromatic heterocycles. The quantitative estimate of drug-likeness (QED) is 0.761. The van der Waals surface area contributed by atoms with Crippen molar-refractivity contribution in [3.05, 3.63) is 40.8 Å². The Bertz CT molecular complexity index is 1070. The van der Waals surface area contributed by atoms with Gasteiger partial charge in [0.05, 0.1) is 18.5 Å². The summed E-state index contributed by atoms with van der Waals surface area (Å²) in [7, 11) is -3.20. The highest BCUT2D eigenvalue weighted by Gasteiger charge is 2.31. The summed E-state index contributed by atoms with van der Waals surface area (Å²) < 4.78 is 26.6. The summed E-state index contributed by atoms with van der Waals surface area (Å²) in [4.78, 5) is 15.2. The number of aromatic amines is 1. The highest BCUT2D eigenvalue weighted by atomic mass is 32.2. The van der Waals surface area contributed by atoms with Crippen molar-refractivity contribution in [2.45, 2.75) is 12.5 Å². The average Bonchev–Trinajstić information content (AvgIpc) is 3.13. The van der Waals surface area contributed by atoms with E-state index in [9.17, 15) is 13.2 Å². The molecule has 23 heavy (non-hydrogen) atoms. The summed E-state index contributed by atoms with van der Waals surface area (Å²) in [5.74, 6) is 0. The fourth-order valence-electron chi connectivity index (χ4n) is 3.26. The van der Waals surface area contributed by atoms with E-state index >= 15 is 0 Å². The lowest BCUT2D eigenvalue weighted by molar-refractivity contribution is 0.442. The molecule has 1 aliphatic heterocycles. The molecule has 120 valence electrons. The van der Waals surface area contributed by atoms with E-state index in [0.29, 0.717) is 30.5 Å². The smallest absolute Gasteiger partial charge is 0.257 e. The van der Waals surface area contributed by atoms with Crippen LogP contribution in [-0.4, -0.2) is 46.8 Å². The van der Waals surface area contributed by atoms with Crippen molar-refractivity contribution >= 4 is 31.8 Å². The van der Waals surface area contributed by atoms with Gasteiger partial charge < -0.3 is 4.98 Å². The Morgan fingerprint density at radius 3 is 2.65 bits per heavy atom. The number of H-pyrrole nitrogens is 1. The van der Waals surface area contributed by atoms with E-state index in [-0.39, 0.29) is 11.6 Å². The van der Waals surface area contributed by atoms with Crippen LogP contribution in [0.15, 0.2) is 35.3 Å². The first-order valence-electron chi connectivity index (χ1n) is 7.38. The van der Waals surface area contributed by atoms with E-state index in [1.807, 2.05) is 18.2 Å². The summed E-state index contributed by atoms with van der Waals surface area (Å²) in [6.45, 7) is 0.854. The monoisotopic (exact) mass is 332 g/mol. The maximum absolute atomic E-state index is 12.3. The largest absolute Gasteiger partial charge is 0.306 e. The molecule has 0 spiro atoms. The molecular formula is C15H16N4O3S. The summed E-state index contributed by atoms with van der Waals surface area (Å²) in [5.41, 5.74) is 0.488. The zero-order valence-electron chi connectivity index (χ0n) is 12.6. The molecule has 3 aromatic rings. The number of hydrogen-bond acceptors (Lipinski definition) is 4. The van der Waals surface area contributed by atoms with E-state index in [1.165, 1.54) is 10.6 Å². The zero-order valence-corrected chi connectivity index (χ0v) is 13.4. The number of nitrogens with zero attached hydrogens (tertiary/aromatic N) is 3. The van der Waals surface area contributed by atoms with E-state index in [4.69, 9.17) is 0 Å². The Labute approximate surface area is 132 Å². The molecule has 1 fully saturated rings. The first-order valence-corrected chi connectivity index (χ1v) is 9.23. The van der Waals surface area contributed by atoms with Gasteiger partial charge in [-0.3, -0.25) is 4.79 Å². The summed E-state index contributed by atoms with van der Waals surface area (Å²) >= 11 is 0. The Hall–Kier alpha value is -2.19. The summed E-state index contributed by atoms with van der Waals surface area (Å²) in [5, 5.41) is 6.77. The molecule has 7 nitrogen and oxygen atoms in total. The first-order chi connectivity index (χ1) is 10.9. The Morgan fingerprint density at radius 1 is 1.22 bits per heavy atom. The van der Waals surface area contributed by atoms with Gasteiger partial charge in [-0.05, 0) is 17.9 Å². The van der Waals surface area contributed by atoms with Crippen molar-refractivity contribution in [2.75, 3.05) is 19.3 Å². The highest BCUT2D eigenvalue weighted by molar-refractivity contribution is 7.88. The van der Waals surface area contributed by atoms with Crippen LogP contribution in [0.5, 0.6) is 0 Å². The zero-order chi connectivity index (χ0) is 16.2. The number of sulfonamides is 1. The molecule has 1 atom stereocenters. The van der Waals surface area contributed by atoms with Crippen molar-refractivity contribution < 1.29 is 8.42 Å². The van der Waals surface area contributed by atoms with Gasteiger partial charge in [-0.2, -0.15) is 9.40 Å². The third-order valence-electron chi connectivity index (χ3n) is 4.43. The normalized spacial score (nSPS) is 19.8. The van der Waals surface area contributed by atoms with Gasteiger partial charge in [-0.25, -0.2) is 13.1 Å². The fourth-order valence-corrected chi connectivity index (χ4v) is 4.14. The predicted molar refractivity (Wildman–Crippen MR) is 87.9 cm³/mol. The molecule has 1 unspecified atom stereocenters. The van der Waals surface area contributed by atoms with Crippen molar-refractivity contribution in [1.29, 1.82) is 0 Å². The summed E-state index contributed by atoms with van der Waals surface area (Å²) in [6, 6.07) is 7.33. The minimum atomic E-state index is -3.20. The minimum absolute atomic E-state index is 0.0703. The fraction of sp³-hybridized carbons (Fsp3) is 0.333. The highest BCUT2D eigenvalue weighted by Crippen LogP contribution is 2.28. The van der Waals surface area contributed by atoms with Crippen LogP contribution in [0.3, 0.4) is 0 Å². The Morgan fingerprint density at radius 2 is 1.96 bits per heavy atom. The number of rotatable bonds is 2. The van der Waals surface area contributed by atoms with Crippen LogP contribution >= 0.6 is 0 Å². The maximum Gasteiger partial charge on any atom is 0.257 e. The molecule has 0 amide bonds. The van der Waals surface area contributed by atoms with Crippen LogP contribution in [0.25, 0.3) is 21.8 Å². The second kappa shape index (κ2) is 4.90. The van der Waals surface area contributed by atoms with Gasteiger partial charge in [0.15, 0.2) is 0 Å². The Kier molecular flexibility index (Phi) is 3.07. The number of nitrogens with one attached hydrogen (secondary N) is 1. The molecule has 0 bridgehead atoms. The van der Waals surface area contributed by atoms with Crippen LogP contribution in [0.4, 0.5) is 0 Å². The molecule has 0 radical (unpaired) electrons. The molecule has 4 rings (SSSR count). The third-order valence-corrected chi connectivity index (χ3v) is 5.70. The molecule has 0 aliphatic carbocycles. The second-order valence-electron chi connectivity index (χ2n) is 5.91. The molecule has 1 N–H and O–H groups in total. The minimum Gasteiger partial charge on any atom is -0.306 e. The predicted octanol–water partition coefficient (Wildman–Crippen LogP) is 1.08. The topological polar surface area (TPSA) is 88.1 Å². The average molecular weight is 332 g/mol. The number of hydrogen-bond donors (Lipinski definition) is 1. The van der Waals surface area contributed by atoms with Crippen LogP contribution in [-0.2, 0) is 10.0 Å². The number of fused-ring (bicyclic) bond motifs is 3. The van der Waals surface area contributed by atoms with Crippen molar-refractivity contribution in [3.63, 3.8) is 0 Å². The van der Waals surface area contributed by atoms with Gasteiger partial charge in [0.1, 0.15) is 5.65 Å². The van der Waals surface area contributed by atoms with Gasteiger partial charge in [0.25, 0.3) is 5.56 Å². The lowest BCUT2D eigenvalue weighted by Gasteiger charge is -2.14. The van der Waals surface area contributed by atoms with Crippen LogP contribution < -0.4 is 5.56 Å². The molecule has 1 saturated heterocycles. The van der Waals surface area contributed by atoms with Gasteiger partial charge in [-0.15, -0.1) is 0 Å². The lowest BCUT2D eigenvalue weighted by Crippen LogP contribution is -2.28. The molecule has 3 heterocycles. The second-order valence-corrected chi connectivity index (χ2v) is 7.90. The van der Waals surface area contributed by atoms with Gasteiger partial charge in [0.2, 0.25) is 10.0 Å². The third kappa shape index (κ3) is 2.25. The molecule has 0 saturated carbocycles. The molecule has 1 aliphatic rings. The number of pyridine rings is 1. The van der Waals surface area contributed by atoms with E-state index in [2.05, 4.69) is 10.1 Å². The standard InChI is InChI=1S/C15H16N4O3S/c1-23(21,22)18-7-6-10(9-18)19-14-13(8-16-19)11-4-2-3-5-12(11)15(20)17-14/h2-5,8,10H,6-7,9H2,1H3,(H,17,20). The van der Waals surface area contributed by atoms with Crippen LogP contribution in [0, 0.1) is 0 Å². The van der Waals surface area contributed by atoms with E-state index in [1.54, 1.807) is 16.9 Å². The van der Waals surface area contributed by atoms with Gasteiger partial charge in [0, 0.05) is 23.9 Å². The SMILES string of the molecule is CS(=O)(=O)N1CCC(n2ncc3c4ccccc4c(=O)[nH]c32)C1. The summed E-state index contributed by atoms with van der Waals surface area (Å²) in [6.07, 6.45) is 3.63. The molecular weight excluding hydrogens is 316 g/mol. The molecule has 1 aromatic carbocycles. The van der Waals surface area contributed by atoms with Crippen molar-refractivity contribution in [2.24, 2.45) is 0 Å². The van der Waals surface area contributed by atoms with Crippen LogP contribution in [0.1, 0.15) is 12.5 Å². The van der Waals surface area contributed by atoms with E-state index in [0.717, 1.165) is 10.8 Å². The number of benzene rings is 1. The van der Waals surface area contributed by atoms with Gasteiger partial charge in [-0.1, -0.05) is 18.2 Å². The van der Waals surface area contributed by atoms with Crippen molar-refractivity contribution in [3.8, 4) is 0 Å². The number of aromatic nitrogens is 3.